The maximum absolute atomic E-state index is 11.4. The Balaban J connectivity index is 1.78. The van der Waals surface area contributed by atoms with Gasteiger partial charge in [-0.25, -0.2) is 0 Å². The van der Waals surface area contributed by atoms with Crippen LogP contribution in [-0.2, 0) is 0 Å². The molecule has 0 saturated carbocycles. The SMILES string of the molecule is COc1ccc(-c2ccc(Oc3nn[nH]c3C(C)=O)cc2)cc1. The van der Waals surface area contributed by atoms with Crippen molar-refractivity contribution in [2.75, 3.05) is 7.11 Å². The van der Waals surface area contributed by atoms with E-state index in [1.807, 2.05) is 48.5 Å². The molecular formula is C17H15N3O3. The van der Waals surface area contributed by atoms with Crippen molar-refractivity contribution >= 4 is 5.78 Å². The summed E-state index contributed by atoms with van der Waals surface area (Å²) in [6.45, 7) is 1.43. The number of nitrogens with zero attached hydrogens (tertiary/aromatic N) is 2. The maximum Gasteiger partial charge on any atom is 0.269 e. The highest BCUT2D eigenvalue weighted by Crippen LogP contribution is 2.27. The van der Waals surface area contributed by atoms with Crippen LogP contribution in [0.3, 0.4) is 0 Å². The Hall–Kier alpha value is -3.15. The first-order valence-electron chi connectivity index (χ1n) is 7.01. The van der Waals surface area contributed by atoms with Crippen molar-refractivity contribution in [3.8, 4) is 28.5 Å². The Morgan fingerprint density at radius 3 is 2.04 bits per heavy atom. The largest absolute Gasteiger partial charge is 0.497 e. The molecule has 0 saturated heterocycles. The molecule has 0 radical (unpaired) electrons. The van der Waals surface area contributed by atoms with Crippen molar-refractivity contribution in [2.45, 2.75) is 6.92 Å². The molecule has 1 heterocycles. The molecule has 0 aliphatic carbocycles. The summed E-state index contributed by atoms with van der Waals surface area (Å²) in [4.78, 5) is 11.4. The lowest BCUT2D eigenvalue weighted by Gasteiger charge is -2.06. The molecule has 23 heavy (non-hydrogen) atoms. The standard InChI is InChI=1S/C17H15N3O3/c1-11(21)16-17(19-20-18-16)23-15-9-5-13(6-10-15)12-3-7-14(22-2)8-4-12/h3-10H,1-2H3,(H,18,19,20). The number of benzene rings is 2. The smallest absolute Gasteiger partial charge is 0.269 e. The van der Waals surface area contributed by atoms with Crippen LogP contribution in [0.5, 0.6) is 17.4 Å². The molecule has 0 amide bonds. The van der Waals surface area contributed by atoms with Gasteiger partial charge in [0.05, 0.1) is 7.11 Å². The monoisotopic (exact) mass is 309 g/mol. The van der Waals surface area contributed by atoms with Crippen LogP contribution in [-0.4, -0.2) is 28.3 Å². The Kier molecular flexibility index (Phi) is 4.05. The van der Waals surface area contributed by atoms with E-state index in [2.05, 4.69) is 15.4 Å². The van der Waals surface area contributed by atoms with Crippen LogP contribution in [0.1, 0.15) is 17.4 Å². The predicted octanol–water partition coefficient (Wildman–Crippen LogP) is 3.48. The molecule has 116 valence electrons. The van der Waals surface area contributed by atoms with Crippen LogP contribution < -0.4 is 9.47 Å². The second-order valence-electron chi connectivity index (χ2n) is 4.90. The van der Waals surface area contributed by atoms with Gasteiger partial charge >= 0.3 is 0 Å². The highest BCUT2D eigenvalue weighted by Gasteiger charge is 2.13. The Bertz CT molecular complexity index is 808. The predicted molar refractivity (Wildman–Crippen MR) is 84.9 cm³/mol. The number of aromatic nitrogens is 3. The van der Waals surface area contributed by atoms with E-state index in [4.69, 9.17) is 9.47 Å². The maximum atomic E-state index is 11.4. The van der Waals surface area contributed by atoms with E-state index >= 15 is 0 Å². The van der Waals surface area contributed by atoms with Crippen LogP contribution >= 0.6 is 0 Å². The first-order valence-corrected chi connectivity index (χ1v) is 7.01. The molecule has 0 spiro atoms. The zero-order valence-corrected chi connectivity index (χ0v) is 12.7. The van der Waals surface area contributed by atoms with E-state index in [-0.39, 0.29) is 17.4 Å². The summed E-state index contributed by atoms with van der Waals surface area (Å²) < 4.78 is 10.7. The lowest BCUT2D eigenvalue weighted by molar-refractivity contribution is 0.101. The van der Waals surface area contributed by atoms with Gasteiger partial charge in [0, 0.05) is 6.92 Å². The van der Waals surface area contributed by atoms with Gasteiger partial charge in [0.15, 0.2) is 11.5 Å². The van der Waals surface area contributed by atoms with E-state index in [0.717, 1.165) is 16.9 Å². The fraction of sp³-hybridized carbons (Fsp3) is 0.118. The van der Waals surface area contributed by atoms with Gasteiger partial charge in [-0.3, -0.25) is 9.89 Å². The van der Waals surface area contributed by atoms with Crippen molar-refractivity contribution in [3.05, 3.63) is 54.2 Å². The van der Waals surface area contributed by atoms with E-state index < -0.39 is 0 Å². The molecule has 0 aliphatic heterocycles. The van der Waals surface area contributed by atoms with Crippen LogP contribution in [0.4, 0.5) is 0 Å². The number of aromatic amines is 1. The first-order chi connectivity index (χ1) is 11.2. The summed E-state index contributed by atoms with van der Waals surface area (Å²) in [6, 6.07) is 15.3. The molecule has 0 bridgehead atoms. The first kappa shape index (κ1) is 14.8. The number of carbonyl (C=O) groups is 1. The fourth-order valence-corrected chi connectivity index (χ4v) is 2.13. The zero-order valence-electron chi connectivity index (χ0n) is 12.7. The summed E-state index contributed by atoms with van der Waals surface area (Å²) in [7, 11) is 1.64. The van der Waals surface area contributed by atoms with Gasteiger partial charge in [0.25, 0.3) is 5.88 Å². The van der Waals surface area contributed by atoms with Crippen LogP contribution in [0.2, 0.25) is 0 Å². The van der Waals surface area contributed by atoms with Gasteiger partial charge in [0.1, 0.15) is 11.5 Å². The Morgan fingerprint density at radius 2 is 1.52 bits per heavy atom. The van der Waals surface area contributed by atoms with E-state index in [9.17, 15) is 4.79 Å². The highest BCUT2D eigenvalue weighted by molar-refractivity contribution is 5.94. The second-order valence-corrected chi connectivity index (χ2v) is 4.90. The second kappa shape index (κ2) is 6.31. The minimum absolute atomic E-state index is 0.176. The van der Waals surface area contributed by atoms with Gasteiger partial charge in [-0.1, -0.05) is 34.6 Å². The summed E-state index contributed by atoms with van der Waals surface area (Å²) in [6.07, 6.45) is 0. The van der Waals surface area contributed by atoms with Crippen LogP contribution in [0.15, 0.2) is 48.5 Å². The number of methoxy groups -OCH3 is 1. The van der Waals surface area contributed by atoms with Crippen molar-refractivity contribution in [1.29, 1.82) is 0 Å². The normalized spacial score (nSPS) is 10.3. The number of H-pyrrole nitrogens is 1. The zero-order chi connectivity index (χ0) is 16.2. The quantitative estimate of drug-likeness (QED) is 0.730. The average Bonchev–Trinajstić information content (AvgIpc) is 3.04. The van der Waals surface area contributed by atoms with Gasteiger partial charge in [-0.15, -0.1) is 0 Å². The third kappa shape index (κ3) is 3.21. The topological polar surface area (TPSA) is 77.1 Å². The third-order valence-corrected chi connectivity index (χ3v) is 3.36. The number of hydrogen-bond acceptors (Lipinski definition) is 5. The number of ether oxygens (including phenoxy) is 2. The van der Waals surface area contributed by atoms with Crippen molar-refractivity contribution < 1.29 is 14.3 Å². The highest BCUT2D eigenvalue weighted by atomic mass is 16.5. The molecule has 3 rings (SSSR count). The molecular weight excluding hydrogens is 294 g/mol. The van der Waals surface area contributed by atoms with E-state index in [1.54, 1.807) is 7.11 Å². The van der Waals surface area contributed by atoms with Gasteiger partial charge in [0.2, 0.25) is 0 Å². The molecule has 2 aromatic carbocycles. The number of ketones is 1. The molecule has 1 N–H and O–H groups in total. The van der Waals surface area contributed by atoms with Gasteiger partial charge in [-0.2, -0.15) is 0 Å². The summed E-state index contributed by atoms with van der Waals surface area (Å²) in [5.41, 5.74) is 2.37. The number of hydrogen-bond donors (Lipinski definition) is 1. The molecule has 0 aliphatic rings. The van der Waals surface area contributed by atoms with E-state index in [1.165, 1.54) is 6.92 Å². The summed E-state index contributed by atoms with van der Waals surface area (Å²) in [5, 5.41) is 9.88. The number of Topliss-reactive ketones (excluding diaryl/α,β-unsaturated/α-hetero) is 1. The van der Waals surface area contributed by atoms with E-state index in [0.29, 0.717) is 5.75 Å². The van der Waals surface area contributed by atoms with Crippen LogP contribution in [0.25, 0.3) is 11.1 Å². The van der Waals surface area contributed by atoms with Crippen molar-refractivity contribution in [3.63, 3.8) is 0 Å². The minimum Gasteiger partial charge on any atom is -0.497 e. The Labute approximate surface area is 133 Å². The minimum atomic E-state index is -0.181. The van der Waals surface area contributed by atoms with Crippen molar-refractivity contribution in [1.82, 2.24) is 15.4 Å². The molecule has 6 nitrogen and oxygen atoms in total. The molecule has 3 aromatic rings. The molecule has 0 atom stereocenters. The lowest BCUT2D eigenvalue weighted by atomic mass is 10.1. The third-order valence-electron chi connectivity index (χ3n) is 3.36. The Morgan fingerprint density at radius 1 is 0.957 bits per heavy atom. The number of rotatable bonds is 5. The fourth-order valence-electron chi connectivity index (χ4n) is 2.13. The molecule has 0 unspecified atom stereocenters. The average molecular weight is 309 g/mol. The lowest BCUT2D eigenvalue weighted by Crippen LogP contribution is -1.96. The molecule has 1 aromatic heterocycles. The number of carbonyl (C=O) groups excluding carboxylic acids is 1. The van der Waals surface area contributed by atoms with Crippen molar-refractivity contribution in [2.24, 2.45) is 0 Å². The van der Waals surface area contributed by atoms with Gasteiger partial charge in [-0.05, 0) is 35.4 Å². The summed E-state index contributed by atoms with van der Waals surface area (Å²) in [5.74, 6) is 1.39. The number of nitrogens with one attached hydrogen (secondary N) is 1. The van der Waals surface area contributed by atoms with Crippen LogP contribution in [0, 0.1) is 0 Å². The molecule has 0 fully saturated rings. The molecule has 6 heteroatoms. The summed E-state index contributed by atoms with van der Waals surface area (Å²) >= 11 is 0. The van der Waals surface area contributed by atoms with Gasteiger partial charge < -0.3 is 9.47 Å².